The minimum atomic E-state index is 0.454. The number of hydrogen-bond acceptors (Lipinski definition) is 4. The number of fused-ring (bicyclic) bond motifs is 3. The second-order valence-electron chi connectivity index (χ2n) is 3.38. The van der Waals surface area contributed by atoms with Crippen LogP contribution < -0.4 is 9.47 Å². The van der Waals surface area contributed by atoms with Crippen LogP contribution in [0.25, 0.3) is 10.4 Å². The van der Waals surface area contributed by atoms with Gasteiger partial charge in [-0.1, -0.05) is 17.7 Å². The fourth-order valence-electron chi connectivity index (χ4n) is 1.83. The Morgan fingerprint density at radius 3 is 3.19 bits per heavy atom. The summed E-state index contributed by atoms with van der Waals surface area (Å²) in [7, 11) is 1.61. The molecule has 16 heavy (non-hydrogen) atoms. The number of hydrogen-bond donors (Lipinski definition) is 0. The zero-order valence-electron chi connectivity index (χ0n) is 8.49. The number of benzene rings is 1. The molecular weight excluding hydrogens is 246 g/mol. The molecule has 0 atom stereocenters. The molecule has 0 saturated carbocycles. The summed E-state index contributed by atoms with van der Waals surface area (Å²) in [6.45, 7) is 0.454. The molecule has 2 aromatic rings. The molecule has 3 nitrogen and oxygen atoms in total. The highest BCUT2D eigenvalue weighted by molar-refractivity contribution is 7.13. The lowest BCUT2D eigenvalue weighted by molar-refractivity contribution is 0.283. The summed E-state index contributed by atoms with van der Waals surface area (Å²) in [6, 6.07) is 3.83. The van der Waals surface area contributed by atoms with Crippen LogP contribution in [-0.4, -0.2) is 12.1 Å². The van der Waals surface area contributed by atoms with E-state index < -0.39 is 0 Å². The van der Waals surface area contributed by atoms with E-state index in [9.17, 15) is 0 Å². The van der Waals surface area contributed by atoms with Gasteiger partial charge in [-0.25, -0.2) is 4.98 Å². The summed E-state index contributed by atoms with van der Waals surface area (Å²) in [5.41, 5.74) is 3.87. The van der Waals surface area contributed by atoms with Crippen molar-refractivity contribution >= 4 is 22.9 Å². The molecule has 0 N–H and O–H groups in total. The molecule has 1 aliphatic rings. The highest BCUT2D eigenvalue weighted by Gasteiger charge is 2.24. The molecule has 1 aromatic heterocycles. The lowest BCUT2D eigenvalue weighted by atomic mass is 10.0. The third-order valence-corrected chi connectivity index (χ3v) is 3.69. The molecule has 82 valence electrons. The normalized spacial score (nSPS) is 12.6. The molecule has 0 fully saturated rings. The second kappa shape index (κ2) is 3.64. The average molecular weight is 254 g/mol. The maximum absolute atomic E-state index is 6.07. The molecule has 1 aliphatic heterocycles. The average Bonchev–Trinajstić information content (AvgIpc) is 2.76. The van der Waals surface area contributed by atoms with E-state index in [0.29, 0.717) is 23.3 Å². The van der Waals surface area contributed by atoms with Crippen molar-refractivity contribution in [3.63, 3.8) is 0 Å². The summed E-state index contributed by atoms with van der Waals surface area (Å²) >= 11 is 7.63. The fraction of sp³-hybridized carbons (Fsp3) is 0.182. The number of aromatic nitrogens is 1. The second-order valence-corrected chi connectivity index (χ2v) is 4.64. The molecule has 3 rings (SSSR count). The van der Waals surface area contributed by atoms with Crippen LogP contribution in [0.3, 0.4) is 0 Å². The van der Waals surface area contributed by atoms with E-state index in [2.05, 4.69) is 4.98 Å². The molecule has 2 heterocycles. The summed E-state index contributed by atoms with van der Waals surface area (Å²) < 4.78 is 10.9. The molecule has 0 aliphatic carbocycles. The van der Waals surface area contributed by atoms with Crippen molar-refractivity contribution in [1.82, 2.24) is 4.98 Å². The SMILES string of the molecule is COc1c(Cl)ccc2c1COc1ncsc1-2. The number of halogens is 1. The van der Waals surface area contributed by atoms with Gasteiger partial charge in [0.2, 0.25) is 5.88 Å². The van der Waals surface area contributed by atoms with Gasteiger partial charge in [-0.15, -0.1) is 11.3 Å². The summed E-state index contributed by atoms with van der Waals surface area (Å²) in [6.07, 6.45) is 0. The number of thiazole rings is 1. The molecule has 1 aromatic carbocycles. The number of nitrogens with zero attached hydrogens (tertiary/aromatic N) is 1. The summed E-state index contributed by atoms with van der Waals surface area (Å²) in [4.78, 5) is 5.19. The van der Waals surface area contributed by atoms with Crippen LogP contribution in [0.15, 0.2) is 17.6 Å². The molecule has 0 bridgehead atoms. The van der Waals surface area contributed by atoms with Crippen LogP contribution >= 0.6 is 22.9 Å². The third kappa shape index (κ3) is 1.30. The van der Waals surface area contributed by atoms with E-state index in [1.165, 1.54) is 0 Å². The Morgan fingerprint density at radius 2 is 2.38 bits per heavy atom. The standard InChI is InChI=1S/C11H8ClNO2S/c1-14-9-7-4-15-11-10(16-5-13-11)6(7)2-3-8(9)12/h2-3,5H,4H2,1H3. The zero-order valence-corrected chi connectivity index (χ0v) is 10.1. The van der Waals surface area contributed by atoms with Gasteiger partial charge in [0.1, 0.15) is 12.4 Å². The van der Waals surface area contributed by atoms with Gasteiger partial charge in [0.05, 0.1) is 22.5 Å². The minimum Gasteiger partial charge on any atom is -0.495 e. The van der Waals surface area contributed by atoms with E-state index in [1.54, 1.807) is 24.0 Å². The van der Waals surface area contributed by atoms with Crippen LogP contribution in [0.2, 0.25) is 5.02 Å². The maximum Gasteiger partial charge on any atom is 0.232 e. The minimum absolute atomic E-state index is 0.454. The highest BCUT2D eigenvalue weighted by atomic mass is 35.5. The van der Waals surface area contributed by atoms with Gasteiger partial charge < -0.3 is 9.47 Å². The van der Waals surface area contributed by atoms with Crippen molar-refractivity contribution in [3.8, 4) is 22.1 Å². The van der Waals surface area contributed by atoms with Gasteiger partial charge in [0.15, 0.2) is 0 Å². The quantitative estimate of drug-likeness (QED) is 0.781. The van der Waals surface area contributed by atoms with Gasteiger partial charge in [0, 0.05) is 11.1 Å². The van der Waals surface area contributed by atoms with Crippen LogP contribution in [0.1, 0.15) is 5.56 Å². The predicted octanol–water partition coefficient (Wildman–Crippen LogP) is 3.36. The molecular formula is C11H8ClNO2S. The van der Waals surface area contributed by atoms with Gasteiger partial charge in [-0.2, -0.15) is 0 Å². The Labute approximate surface area is 102 Å². The number of methoxy groups -OCH3 is 1. The topological polar surface area (TPSA) is 31.4 Å². The largest absolute Gasteiger partial charge is 0.495 e. The van der Waals surface area contributed by atoms with Crippen molar-refractivity contribution in [1.29, 1.82) is 0 Å². The summed E-state index contributed by atoms with van der Waals surface area (Å²) in [5, 5.41) is 0.609. The Morgan fingerprint density at radius 1 is 1.50 bits per heavy atom. The van der Waals surface area contributed by atoms with Crippen LogP contribution in [0.4, 0.5) is 0 Å². The molecule has 0 amide bonds. The van der Waals surface area contributed by atoms with Crippen LogP contribution in [0.5, 0.6) is 11.6 Å². The maximum atomic E-state index is 6.07. The Hall–Kier alpha value is -1.26. The Balaban J connectivity index is 2.28. The van der Waals surface area contributed by atoms with Gasteiger partial charge in [0.25, 0.3) is 0 Å². The molecule has 0 radical (unpaired) electrons. The van der Waals surface area contributed by atoms with Crippen LogP contribution in [0, 0.1) is 0 Å². The molecule has 5 heteroatoms. The first-order valence-corrected chi connectivity index (χ1v) is 5.99. The van der Waals surface area contributed by atoms with Gasteiger partial charge in [-0.3, -0.25) is 0 Å². The van der Waals surface area contributed by atoms with E-state index >= 15 is 0 Å². The monoisotopic (exact) mass is 253 g/mol. The number of ether oxygens (including phenoxy) is 2. The Bertz CT molecular complexity index is 553. The third-order valence-electron chi connectivity index (χ3n) is 2.55. The van der Waals surface area contributed by atoms with Crippen molar-refractivity contribution in [2.45, 2.75) is 6.61 Å². The van der Waals surface area contributed by atoms with E-state index in [-0.39, 0.29) is 0 Å². The Kier molecular flexibility index (Phi) is 2.26. The summed E-state index contributed by atoms with van der Waals surface area (Å²) in [5.74, 6) is 1.39. The predicted molar refractivity (Wildman–Crippen MR) is 63.4 cm³/mol. The van der Waals surface area contributed by atoms with Crippen molar-refractivity contribution in [2.75, 3.05) is 7.11 Å². The van der Waals surface area contributed by atoms with E-state index in [1.807, 2.05) is 12.1 Å². The van der Waals surface area contributed by atoms with Gasteiger partial charge in [-0.05, 0) is 6.07 Å². The van der Waals surface area contributed by atoms with E-state index in [4.69, 9.17) is 21.1 Å². The molecule has 0 unspecified atom stereocenters. The van der Waals surface area contributed by atoms with E-state index in [0.717, 1.165) is 16.0 Å². The number of rotatable bonds is 1. The van der Waals surface area contributed by atoms with Crippen molar-refractivity contribution in [3.05, 3.63) is 28.2 Å². The first-order chi connectivity index (χ1) is 7.81. The molecule has 0 spiro atoms. The lowest BCUT2D eigenvalue weighted by Gasteiger charge is -2.19. The van der Waals surface area contributed by atoms with Gasteiger partial charge >= 0.3 is 0 Å². The van der Waals surface area contributed by atoms with Crippen molar-refractivity contribution < 1.29 is 9.47 Å². The first kappa shape index (κ1) is 9.93. The molecule has 0 saturated heterocycles. The highest BCUT2D eigenvalue weighted by Crippen LogP contribution is 2.44. The first-order valence-electron chi connectivity index (χ1n) is 4.73. The zero-order chi connectivity index (χ0) is 11.1. The van der Waals surface area contributed by atoms with Crippen molar-refractivity contribution in [2.24, 2.45) is 0 Å². The van der Waals surface area contributed by atoms with Crippen LogP contribution in [-0.2, 0) is 6.61 Å². The lowest BCUT2D eigenvalue weighted by Crippen LogP contribution is -2.06. The fourth-order valence-corrected chi connectivity index (χ4v) is 2.87. The smallest absolute Gasteiger partial charge is 0.232 e.